The number of nitrogens with zero attached hydrogens (tertiary/aromatic N) is 3. The minimum Gasteiger partial charge on any atom is -0.340 e. The molecule has 1 unspecified atom stereocenters. The van der Waals surface area contributed by atoms with Crippen LogP contribution < -0.4 is 0 Å². The smallest absolute Gasteiger partial charge is 0.236 e. The molecule has 2 fully saturated rings. The molecule has 0 saturated carbocycles. The van der Waals surface area contributed by atoms with Crippen molar-refractivity contribution in [3.8, 4) is 6.07 Å². The number of carbonyl (C=O) groups is 1. The molecule has 0 spiro atoms. The van der Waals surface area contributed by atoms with Crippen LogP contribution in [0.5, 0.6) is 0 Å². The normalized spacial score (nSPS) is 23.4. The van der Waals surface area contributed by atoms with E-state index < -0.39 is 0 Å². The molecule has 2 heterocycles. The largest absolute Gasteiger partial charge is 0.340 e. The van der Waals surface area contributed by atoms with E-state index in [0.717, 1.165) is 45.3 Å². The van der Waals surface area contributed by atoms with E-state index in [1.54, 1.807) is 0 Å². The lowest BCUT2D eigenvalue weighted by atomic mass is 9.89. The van der Waals surface area contributed by atoms with Crippen LogP contribution in [0.1, 0.15) is 37.2 Å². The Balaban J connectivity index is 1.47. The van der Waals surface area contributed by atoms with E-state index >= 15 is 0 Å². The Morgan fingerprint density at radius 3 is 2.57 bits per heavy atom. The van der Waals surface area contributed by atoms with Gasteiger partial charge in [-0.25, -0.2) is 0 Å². The van der Waals surface area contributed by atoms with Crippen LogP contribution in [0.15, 0.2) is 30.3 Å². The van der Waals surface area contributed by atoms with Gasteiger partial charge in [-0.05, 0) is 50.3 Å². The van der Waals surface area contributed by atoms with Crippen molar-refractivity contribution in [2.45, 2.75) is 31.6 Å². The van der Waals surface area contributed by atoms with Crippen LogP contribution in [0.2, 0.25) is 0 Å². The van der Waals surface area contributed by atoms with Crippen molar-refractivity contribution < 1.29 is 4.79 Å². The predicted octanol–water partition coefficient (Wildman–Crippen LogP) is 2.63. The monoisotopic (exact) mass is 311 g/mol. The fourth-order valence-electron chi connectivity index (χ4n) is 3.75. The summed E-state index contributed by atoms with van der Waals surface area (Å²) in [5.41, 5.74) is 1.42. The highest BCUT2D eigenvalue weighted by Crippen LogP contribution is 2.27. The predicted molar refractivity (Wildman–Crippen MR) is 89.8 cm³/mol. The number of rotatable bonds is 3. The van der Waals surface area contributed by atoms with Gasteiger partial charge in [0, 0.05) is 13.1 Å². The number of benzene rings is 1. The topological polar surface area (TPSA) is 47.3 Å². The van der Waals surface area contributed by atoms with Crippen molar-refractivity contribution in [2.24, 2.45) is 5.92 Å². The average Bonchev–Trinajstić information content (AvgIpc) is 2.63. The van der Waals surface area contributed by atoms with E-state index in [1.807, 2.05) is 4.90 Å². The van der Waals surface area contributed by atoms with Crippen LogP contribution in [0, 0.1) is 17.2 Å². The molecule has 2 aliphatic heterocycles. The summed E-state index contributed by atoms with van der Waals surface area (Å²) in [6.45, 7) is 3.93. The second-order valence-electron chi connectivity index (χ2n) is 6.77. The number of hydrogen-bond donors (Lipinski definition) is 0. The van der Waals surface area contributed by atoms with Gasteiger partial charge in [0.2, 0.25) is 5.91 Å². The van der Waals surface area contributed by atoms with Crippen molar-refractivity contribution >= 4 is 5.91 Å². The summed E-state index contributed by atoms with van der Waals surface area (Å²) in [5.74, 6) is 0.847. The lowest BCUT2D eigenvalue weighted by Crippen LogP contribution is -2.46. The molecule has 0 aliphatic carbocycles. The van der Waals surface area contributed by atoms with Crippen molar-refractivity contribution in [2.75, 3.05) is 32.7 Å². The maximum Gasteiger partial charge on any atom is 0.236 e. The molecular weight excluding hydrogens is 286 g/mol. The fourth-order valence-corrected chi connectivity index (χ4v) is 3.75. The maximum atomic E-state index is 12.5. The average molecular weight is 311 g/mol. The van der Waals surface area contributed by atoms with E-state index in [4.69, 9.17) is 5.26 Å². The minimum absolute atomic E-state index is 0.0246. The van der Waals surface area contributed by atoms with Crippen molar-refractivity contribution in [3.05, 3.63) is 35.9 Å². The van der Waals surface area contributed by atoms with Crippen LogP contribution >= 0.6 is 0 Å². The molecule has 1 amide bonds. The molecular formula is C19H25N3O. The summed E-state index contributed by atoms with van der Waals surface area (Å²) in [6, 6.07) is 13.0. The summed E-state index contributed by atoms with van der Waals surface area (Å²) in [7, 11) is 0. The van der Waals surface area contributed by atoms with Gasteiger partial charge in [-0.1, -0.05) is 30.3 Å². The molecule has 0 bridgehead atoms. The lowest BCUT2D eigenvalue weighted by molar-refractivity contribution is -0.134. The minimum atomic E-state index is 0.0246. The van der Waals surface area contributed by atoms with Gasteiger partial charge in [-0.2, -0.15) is 5.26 Å². The summed E-state index contributed by atoms with van der Waals surface area (Å²) in [5, 5.41) is 9.05. The first kappa shape index (κ1) is 16.0. The highest BCUT2D eigenvalue weighted by atomic mass is 16.2. The summed E-state index contributed by atoms with van der Waals surface area (Å²) in [6.07, 6.45) is 4.14. The molecule has 0 radical (unpaired) electrons. The third-order valence-corrected chi connectivity index (χ3v) is 5.17. The van der Waals surface area contributed by atoms with Crippen LogP contribution in [0.4, 0.5) is 0 Å². The quantitative estimate of drug-likeness (QED) is 0.862. The van der Waals surface area contributed by atoms with Crippen molar-refractivity contribution in [3.63, 3.8) is 0 Å². The van der Waals surface area contributed by atoms with E-state index in [0.29, 0.717) is 19.0 Å². The van der Waals surface area contributed by atoms with Gasteiger partial charge < -0.3 is 4.90 Å². The number of likely N-dealkylation sites (tertiary alicyclic amines) is 2. The van der Waals surface area contributed by atoms with E-state index in [1.165, 1.54) is 5.56 Å². The van der Waals surface area contributed by atoms with Crippen molar-refractivity contribution in [1.82, 2.24) is 9.80 Å². The fraction of sp³-hybridized carbons (Fsp3) is 0.579. The van der Waals surface area contributed by atoms with E-state index in [9.17, 15) is 4.79 Å². The number of amides is 1. The van der Waals surface area contributed by atoms with Crippen molar-refractivity contribution in [1.29, 1.82) is 5.26 Å². The molecule has 2 aliphatic rings. The molecule has 122 valence electrons. The van der Waals surface area contributed by atoms with Gasteiger partial charge in [-0.3, -0.25) is 9.69 Å². The second-order valence-corrected chi connectivity index (χ2v) is 6.77. The molecule has 1 atom stereocenters. The number of hydrogen-bond acceptors (Lipinski definition) is 3. The highest BCUT2D eigenvalue weighted by molar-refractivity contribution is 5.78. The zero-order valence-electron chi connectivity index (χ0n) is 13.7. The Morgan fingerprint density at radius 1 is 1.13 bits per heavy atom. The zero-order valence-corrected chi connectivity index (χ0v) is 13.7. The highest BCUT2D eigenvalue weighted by Gasteiger charge is 2.26. The molecule has 1 aromatic rings. The van der Waals surface area contributed by atoms with Crippen LogP contribution in [0.25, 0.3) is 0 Å². The van der Waals surface area contributed by atoms with Gasteiger partial charge in [-0.15, -0.1) is 0 Å². The Morgan fingerprint density at radius 2 is 1.87 bits per heavy atom. The first-order valence-electron chi connectivity index (χ1n) is 8.71. The Labute approximate surface area is 138 Å². The van der Waals surface area contributed by atoms with Gasteiger partial charge in [0.25, 0.3) is 0 Å². The third kappa shape index (κ3) is 4.11. The van der Waals surface area contributed by atoms with Gasteiger partial charge in [0.05, 0.1) is 18.5 Å². The lowest BCUT2D eigenvalue weighted by Gasteiger charge is -2.35. The first-order valence-corrected chi connectivity index (χ1v) is 8.71. The Bertz CT molecular complexity index is 558. The molecule has 2 saturated heterocycles. The van der Waals surface area contributed by atoms with E-state index in [2.05, 4.69) is 41.3 Å². The number of carbonyl (C=O) groups excluding carboxylic acids is 1. The van der Waals surface area contributed by atoms with Gasteiger partial charge in [0.1, 0.15) is 0 Å². The summed E-state index contributed by atoms with van der Waals surface area (Å²) in [4.78, 5) is 16.6. The number of piperidine rings is 2. The summed E-state index contributed by atoms with van der Waals surface area (Å²) >= 11 is 0. The standard InChI is InChI=1S/C19H25N3O/c20-13-16-5-4-10-22(14-16)19(23)15-21-11-8-18(9-12-21)17-6-2-1-3-7-17/h1-3,6-7,16,18H,4-5,8-12,14-15H2. The van der Waals surface area contributed by atoms with Gasteiger partial charge >= 0.3 is 0 Å². The zero-order chi connectivity index (χ0) is 16.1. The molecule has 3 rings (SSSR count). The van der Waals surface area contributed by atoms with E-state index in [-0.39, 0.29) is 11.8 Å². The third-order valence-electron chi connectivity index (χ3n) is 5.17. The Hall–Kier alpha value is -1.86. The SMILES string of the molecule is N#CC1CCCN(C(=O)CN2CCC(c3ccccc3)CC2)C1. The van der Waals surface area contributed by atoms with Crippen LogP contribution in [-0.2, 0) is 4.79 Å². The maximum absolute atomic E-state index is 12.5. The summed E-state index contributed by atoms with van der Waals surface area (Å²) < 4.78 is 0. The first-order chi connectivity index (χ1) is 11.3. The molecule has 4 heteroatoms. The molecule has 0 aromatic heterocycles. The van der Waals surface area contributed by atoms with Crippen LogP contribution in [0.3, 0.4) is 0 Å². The Kier molecular flexibility index (Phi) is 5.30. The molecule has 4 nitrogen and oxygen atoms in total. The van der Waals surface area contributed by atoms with Gasteiger partial charge in [0.15, 0.2) is 0 Å². The molecule has 1 aromatic carbocycles. The number of nitriles is 1. The molecule has 23 heavy (non-hydrogen) atoms. The molecule has 0 N–H and O–H groups in total. The van der Waals surface area contributed by atoms with Crippen LogP contribution in [-0.4, -0.2) is 48.4 Å². The second kappa shape index (κ2) is 7.61.